The SMILES string of the molecule is O=C1NCC[C@@H]1C[C@@H](NC(=O)[C@H]1C2CCC(CC2)N1C(=O)c1cc2scc(Cl)c2[nH]1)C(=O)CO. The van der Waals surface area contributed by atoms with E-state index >= 15 is 0 Å². The van der Waals surface area contributed by atoms with E-state index in [0.717, 1.165) is 30.4 Å². The van der Waals surface area contributed by atoms with Gasteiger partial charge in [0.15, 0.2) is 5.78 Å². The van der Waals surface area contributed by atoms with Gasteiger partial charge in [0.1, 0.15) is 18.3 Å². The van der Waals surface area contributed by atoms with Crippen LogP contribution in [0.3, 0.4) is 0 Å². The summed E-state index contributed by atoms with van der Waals surface area (Å²) in [6.45, 7) is -0.192. The van der Waals surface area contributed by atoms with Crippen molar-refractivity contribution >= 4 is 56.7 Å². The van der Waals surface area contributed by atoms with E-state index < -0.39 is 36.3 Å². The van der Waals surface area contributed by atoms with Crippen molar-refractivity contribution in [3.05, 3.63) is 22.2 Å². The summed E-state index contributed by atoms with van der Waals surface area (Å²) in [6.07, 6.45) is 4.05. The van der Waals surface area contributed by atoms with Crippen molar-refractivity contribution in [1.29, 1.82) is 0 Å². The van der Waals surface area contributed by atoms with Crippen molar-refractivity contribution in [2.75, 3.05) is 13.2 Å². The van der Waals surface area contributed by atoms with E-state index in [1.54, 1.807) is 16.3 Å². The minimum Gasteiger partial charge on any atom is -0.389 e. The van der Waals surface area contributed by atoms with Crippen molar-refractivity contribution in [2.45, 2.75) is 56.7 Å². The molecule has 3 amide bonds. The molecule has 2 bridgehead atoms. The average molecular weight is 507 g/mol. The standard InChI is InChI=1S/C23H27ClN4O5S/c24-14-10-34-18-8-16(26-19(14)18)23(33)28-13-3-1-11(2-4-13)20(28)22(32)27-15(17(30)9-29)7-12-5-6-25-21(12)31/h8,10-13,15,20,26,29H,1-7,9H2,(H,25,31)(H,27,32)/t11?,12-,13?,15-,20-/m1/s1. The molecule has 5 heterocycles. The van der Waals surface area contributed by atoms with E-state index in [2.05, 4.69) is 15.6 Å². The molecule has 1 aliphatic carbocycles. The maximum absolute atomic E-state index is 13.6. The van der Waals surface area contributed by atoms with Crippen molar-refractivity contribution in [3.63, 3.8) is 0 Å². The minimum absolute atomic E-state index is 0.00623. The quantitative estimate of drug-likeness (QED) is 0.455. The number of fused-ring (bicyclic) bond motifs is 4. The van der Waals surface area contributed by atoms with Crippen molar-refractivity contribution in [1.82, 2.24) is 20.5 Å². The number of Topliss-reactive ketones (excluding diaryl/α,β-unsaturated/α-hetero) is 1. The summed E-state index contributed by atoms with van der Waals surface area (Å²) in [6, 6.07) is 0.0293. The van der Waals surface area contributed by atoms with Crippen LogP contribution in [0, 0.1) is 11.8 Å². The molecule has 3 aliphatic heterocycles. The summed E-state index contributed by atoms with van der Waals surface area (Å²) in [5.41, 5.74) is 1.10. The number of nitrogens with one attached hydrogen (secondary N) is 3. The lowest BCUT2D eigenvalue weighted by molar-refractivity contribution is -0.137. The van der Waals surface area contributed by atoms with Crippen molar-refractivity contribution in [2.24, 2.45) is 11.8 Å². The lowest BCUT2D eigenvalue weighted by Gasteiger charge is -2.50. The fraction of sp³-hybridized carbons (Fsp3) is 0.565. The first-order valence-corrected chi connectivity index (χ1v) is 12.9. The number of halogens is 1. The molecular formula is C23H27ClN4O5S. The van der Waals surface area contributed by atoms with Gasteiger partial charge in [0.05, 0.1) is 21.3 Å². The molecule has 11 heteroatoms. The van der Waals surface area contributed by atoms with Crippen LogP contribution in [0.4, 0.5) is 0 Å². The second kappa shape index (κ2) is 9.31. The summed E-state index contributed by atoms with van der Waals surface area (Å²) in [5.74, 6) is -1.74. The van der Waals surface area contributed by atoms with Crippen LogP contribution in [-0.4, -0.2) is 69.8 Å². The summed E-state index contributed by atoms with van der Waals surface area (Å²) in [7, 11) is 0. The molecule has 9 nitrogen and oxygen atoms in total. The van der Waals surface area contributed by atoms with Gasteiger partial charge in [0.25, 0.3) is 5.91 Å². The Bertz CT molecular complexity index is 1140. The topological polar surface area (TPSA) is 132 Å². The second-order valence-corrected chi connectivity index (χ2v) is 10.7. The number of aromatic amines is 1. The third-order valence-corrected chi connectivity index (χ3v) is 8.83. The summed E-state index contributed by atoms with van der Waals surface area (Å²) < 4.78 is 0.875. The third kappa shape index (κ3) is 4.12. The van der Waals surface area contributed by atoms with Crippen molar-refractivity contribution in [3.8, 4) is 0 Å². The molecular weight excluding hydrogens is 480 g/mol. The highest BCUT2D eigenvalue weighted by atomic mass is 35.5. The molecule has 3 atom stereocenters. The molecule has 3 saturated heterocycles. The summed E-state index contributed by atoms with van der Waals surface area (Å²) in [5, 5.41) is 17.3. The van der Waals surface area contributed by atoms with Crippen LogP contribution in [0.1, 0.15) is 49.0 Å². The van der Waals surface area contributed by atoms with Gasteiger partial charge in [0, 0.05) is 23.9 Å². The number of nitrogens with zero attached hydrogens (tertiary/aromatic N) is 1. The largest absolute Gasteiger partial charge is 0.389 e. The maximum Gasteiger partial charge on any atom is 0.271 e. The number of hydrogen-bond acceptors (Lipinski definition) is 6. The number of ketones is 1. The van der Waals surface area contributed by atoms with Gasteiger partial charge < -0.3 is 25.6 Å². The Morgan fingerprint density at radius 3 is 2.65 bits per heavy atom. The highest BCUT2D eigenvalue weighted by Gasteiger charge is 2.48. The first-order chi connectivity index (χ1) is 16.4. The van der Waals surface area contributed by atoms with Crippen LogP contribution in [-0.2, 0) is 14.4 Å². The highest BCUT2D eigenvalue weighted by molar-refractivity contribution is 7.17. The predicted molar refractivity (Wildman–Crippen MR) is 127 cm³/mol. The maximum atomic E-state index is 13.6. The first-order valence-electron chi connectivity index (χ1n) is 11.7. The molecule has 2 aromatic heterocycles. The number of carbonyl (C=O) groups excluding carboxylic acids is 4. The molecule has 2 aromatic rings. The van der Waals surface area contributed by atoms with Crippen LogP contribution >= 0.6 is 22.9 Å². The summed E-state index contributed by atoms with van der Waals surface area (Å²) >= 11 is 7.65. The zero-order valence-corrected chi connectivity index (χ0v) is 20.1. The number of aliphatic hydroxyl groups is 1. The molecule has 4 aliphatic rings. The van der Waals surface area contributed by atoms with E-state index in [-0.39, 0.29) is 30.2 Å². The monoisotopic (exact) mass is 506 g/mol. The Morgan fingerprint density at radius 2 is 2.00 bits per heavy atom. The van der Waals surface area contributed by atoms with Gasteiger partial charge >= 0.3 is 0 Å². The van der Waals surface area contributed by atoms with Gasteiger partial charge in [0.2, 0.25) is 11.8 Å². The summed E-state index contributed by atoms with van der Waals surface area (Å²) in [4.78, 5) is 56.3. The van der Waals surface area contributed by atoms with Gasteiger partial charge in [-0.25, -0.2) is 0 Å². The van der Waals surface area contributed by atoms with Crippen LogP contribution < -0.4 is 10.6 Å². The van der Waals surface area contributed by atoms with Gasteiger partial charge in [-0.1, -0.05) is 11.6 Å². The number of amides is 3. The zero-order valence-electron chi connectivity index (χ0n) is 18.5. The molecule has 0 spiro atoms. The number of carbonyl (C=O) groups is 4. The normalized spacial score (nSPS) is 27.1. The molecule has 4 fully saturated rings. The van der Waals surface area contributed by atoms with E-state index in [0.29, 0.717) is 29.2 Å². The lowest BCUT2D eigenvalue weighted by atomic mass is 9.74. The molecule has 34 heavy (non-hydrogen) atoms. The number of rotatable bonds is 7. The molecule has 0 aromatic carbocycles. The number of piperidine rings is 2. The van der Waals surface area contributed by atoms with Gasteiger partial charge in [-0.2, -0.15) is 0 Å². The first kappa shape index (κ1) is 23.3. The Morgan fingerprint density at radius 1 is 1.24 bits per heavy atom. The Balaban J connectivity index is 1.38. The van der Waals surface area contributed by atoms with Gasteiger partial charge in [-0.15, -0.1) is 11.3 Å². The van der Waals surface area contributed by atoms with Crippen LogP contribution in [0.5, 0.6) is 0 Å². The molecule has 0 radical (unpaired) electrons. The lowest BCUT2D eigenvalue weighted by Crippen LogP contribution is -2.64. The van der Waals surface area contributed by atoms with Crippen molar-refractivity contribution < 1.29 is 24.3 Å². The second-order valence-electron chi connectivity index (χ2n) is 9.43. The number of aliphatic hydroxyl groups excluding tert-OH is 1. The Hall–Kier alpha value is -2.43. The van der Waals surface area contributed by atoms with E-state index in [1.165, 1.54) is 11.3 Å². The minimum atomic E-state index is -0.974. The van der Waals surface area contributed by atoms with E-state index in [4.69, 9.17) is 11.6 Å². The molecule has 4 N–H and O–H groups in total. The van der Waals surface area contributed by atoms with Crippen LogP contribution in [0.2, 0.25) is 5.02 Å². The smallest absolute Gasteiger partial charge is 0.271 e. The number of hydrogen-bond donors (Lipinski definition) is 4. The molecule has 1 saturated carbocycles. The fourth-order valence-corrected chi connectivity index (χ4v) is 6.86. The number of thiophene rings is 1. The highest BCUT2D eigenvalue weighted by Crippen LogP contribution is 2.41. The number of aromatic nitrogens is 1. The molecule has 6 rings (SSSR count). The third-order valence-electron chi connectivity index (χ3n) is 7.47. The Labute approximate surface area is 205 Å². The molecule has 0 unspecified atom stereocenters. The molecule has 182 valence electrons. The predicted octanol–water partition coefficient (Wildman–Crippen LogP) is 1.84. The number of H-pyrrole nitrogens is 1. The Kier molecular flexibility index (Phi) is 6.39. The van der Waals surface area contributed by atoms with Crippen LogP contribution in [0.25, 0.3) is 10.2 Å². The van der Waals surface area contributed by atoms with E-state index in [9.17, 15) is 24.3 Å². The zero-order chi connectivity index (χ0) is 24.0. The van der Waals surface area contributed by atoms with E-state index in [1.807, 2.05) is 0 Å². The van der Waals surface area contributed by atoms with Crippen LogP contribution in [0.15, 0.2) is 11.4 Å². The van der Waals surface area contributed by atoms with Gasteiger partial charge in [-0.05, 0) is 50.5 Å². The fourth-order valence-electron chi connectivity index (χ4n) is 5.71. The van der Waals surface area contributed by atoms with Gasteiger partial charge in [-0.3, -0.25) is 19.2 Å². The average Bonchev–Trinajstić information content (AvgIpc) is 3.55.